The number of phenolic OH excluding ortho intramolecular Hbond substituents is 1. The fourth-order valence-corrected chi connectivity index (χ4v) is 4.42. The number of carbonyl (C=O) groups excluding carboxylic acids is 1. The minimum Gasteiger partial charge on any atom is -0.506 e. The van der Waals surface area contributed by atoms with Gasteiger partial charge in [-0.15, -0.1) is 0 Å². The standard InChI is InChI=1S/C22H30N2O6S/c1-5-8-13-30-20-12-9-16(14-21(20)29-4)22(26)23-18-15-17(10-11-19(18)25)31(27,28)24(6-2)7-3/h9-12,14-15,25H,5-8,13H2,1-4H3,(H,23,26). The van der Waals surface area contributed by atoms with Gasteiger partial charge in [-0.2, -0.15) is 4.31 Å². The van der Waals surface area contributed by atoms with Crippen LogP contribution in [0.5, 0.6) is 17.2 Å². The number of nitrogens with one attached hydrogen (secondary N) is 1. The molecule has 31 heavy (non-hydrogen) atoms. The highest BCUT2D eigenvalue weighted by molar-refractivity contribution is 7.89. The Labute approximate surface area is 183 Å². The van der Waals surface area contributed by atoms with Crippen LogP contribution >= 0.6 is 0 Å². The van der Waals surface area contributed by atoms with E-state index in [4.69, 9.17) is 9.47 Å². The molecule has 1 amide bonds. The van der Waals surface area contributed by atoms with Crippen molar-refractivity contribution >= 4 is 21.6 Å². The van der Waals surface area contributed by atoms with E-state index in [1.807, 2.05) is 0 Å². The third kappa shape index (κ3) is 5.89. The van der Waals surface area contributed by atoms with Crippen molar-refractivity contribution < 1.29 is 27.8 Å². The molecule has 0 aliphatic carbocycles. The van der Waals surface area contributed by atoms with Crippen molar-refractivity contribution in [3.63, 3.8) is 0 Å². The number of ether oxygens (including phenoxy) is 2. The summed E-state index contributed by atoms with van der Waals surface area (Å²) >= 11 is 0. The minimum atomic E-state index is -3.73. The number of phenols is 1. The third-order valence-electron chi connectivity index (χ3n) is 4.74. The molecule has 9 heteroatoms. The Morgan fingerprint density at radius 2 is 1.77 bits per heavy atom. The summed E-state index contributed by atoms with van der Waals surface area (Å²) in [6, 6.07) is 8.56. The summed E-state index contributed by atoms with van der Waals surface area (Å²) in [5, 5.41) is 12.7. The summed E-state index contributed by atoms with van der Waals surface area (Å²) < 4.78 is 37.8. The van der Waals surface area contributed by atoms with Gasteiger partial charge in [0.05, 0.1) is 24.3 Å². The number of benzene rings is 2. The molecular formula is C22H30N2O6S. The zero-order valence-corrected chi connectivity index (χ0v) is 19.2. The molecule has 2 rings (SSSR count). The highest BCUT2D eigenvalue weighted by Crippen LogP contribution is 2.31. The number of hydrogen-bond acceptors (Lipinski definition) is 6. The van der Waals surface area contributed by atoms with Crippen LogP contribution in [0.15, 0.2) is 41.3 Å². The Kier molecular flexibility index (Phi) is 8.70. The molecule has 8 nitrogen and oxygen atoms in total. The van der Waals surface area contributed by atoms with E-state index in [2.05, 4.69) is 12.2 Å². The first-order valence-electron chi connectivity index (χ1n) is 10.2. The van der Waals surface area contributed by atoms with Gasteiger partial charge in [0.25, 0.3) is 5.91 Å². The second-order valence-corrected chi connectivity index (χ2v) is 8.73. The van der Waals surface area contributed by atoms with Crippen molar-refractivity contribution in [2.75, 3.05) is 32.1 Å². The Morgan fingerprint density at radius 3 is 2.39 bits per heavy atom. The molecule has 0 bridgehead atoms. The van der Waals surface area contributed by atoms with E-state index in [9.17, 15) is 18.3 Å². The summed E-state index contributed by atoms with van der Waals surface area (Å²) in [6.45, 7) is 6.72. The highest BCUT2D eigenvalue weighted by atomic mass is 32.2. The molecule has 0 aromatic heterocycles. The first kappa shape index (κ1) is 24.5. The number of amides is 1. The van der Waals surface area contributed by atoms with Crippen LogP contribution in [0.1, 0.15) is 44.0 Å². The maximum Gasteiger partial charge on any atom is 0.255 e. The molecule has 0 aliphatic heterocycles. The zero-order valence-electron chi connectivity index (χ0n) is 18.3. The SMILES string of the molecule is CCCCOc1ccc(C(=O)Nc2cc(S(=O)(=O)N(CC)CC)ccc2O)cc1OC. The maximum atomic E-state index is 12.7. The van der Waals surface area contributed by atoms with E-state index in [1.54, 1.807) is 26.0 Å². The van der Waals surface area contributed by atoms with Gasteiger partial charge in [0.15, 0.2) is 11.5 Å². The average Bonchev–Trinajstić information content (AvgIpc) is 2.76. The fraction of sp³-hybridized carbons (Fsp3) is 0.409. The van der Waals surface area contributed by atoms with E-state index < -0.39 is 15.9 Å². The summed E-state index contributed by atoms with van der Waals surface area (Å²) in [5.74, 6) is 0.179. The van der Waals surface area contributed by atoms with Crippen molar-refractivity contribution in [3.05, 3.63) is 42.0 Å². The van der Waals surface area contributed by atoms with Crippen LogP contribution in [0.3, 0.4) is 0 Å². The highest BCUT2D eigenvalue weighted by Gasteiger charge is 2.23. The lowest BCUT2D eigenvalue weighted by molar-refractivity contribution is 0.102. The number of nitrogens with zero attached hydrogens (tertiary/aromatic N) is 1. The summed E-state index contributed by atoms with van der Waals surface area (Å²) in [4.78, 5) is 12.7. The third-order valence-corrected chi connectivity index (χ3v) is 6.79. The molecule has 170 valence electrons. The average molecular weight is 451 g/mol. The Balaban J connectivity index is 2.27. The van der Waals surface area contributed by atoms with Crippen LogP contribution < -0.4 is 14.8 Å². The summed E-state index contributed by atoms with van der Waals surface area (Å²) in [6.07, 6.45) is 1.90. The van der Waals surface area contributed by atoms with Crippen molar-refractivity contribution in [2.45, 2.75) is 38.5 Å². The number of methoxy groups -OCH3 is 1. The summed E-state index contributed by atoms with van der Waals surface area (Å²) in [7, 11) is -2.25. The van der Waals surface area contributed by atoms with Gasteiger partial charge in [-0.25, -0.2) is 8.42 Å². The second-order valence-electron chi connectivity index (χ2n) is 6.79. The predicted octanol–water partition coefficient (Wildman–Crippen LogP) is 3.86. The van der Waals surface area contributed by atoms with Crippen LogP contribution in [0, 0.1) is 0 Å². The van der Waals surface area contributed by atoms with Crippen molar-refractivity contribution in [3.8, 4) is 17.2 Å². The lowest BCUT2D eigenvalue weighted by atomic mass is 10.1. The molecule has 2 aromatic rings. The lowest BCUT2D eigenvalue weighted by Gasteiger charge is -2.19. The van der Waals surface area contributed by atoms with Crippen molar-refractivity contribution in [2.24, 2.45) is 0 Å². The van der Waals surface area contributed by atoms with Crippen molar-refractivity contribution in [1.82, 2.24) is 4.31 Å². The zero-order chi connectivity index (χ0) is 23.0. The van der Waals surface area contributed by atoms with Crippen LogP contribution in [0.4, 0.5) is 5.69 Å². The molecule has 2 N–H and O–H groups in total. The van der Waals surface area contributed by atoms with Gasteiger partial charge in [-0.1, -0.05) is 27.2 Å². The lowest BCUT2D eigenvalue weighted by Crippen LogP contribution is -2.30. The quantitative estimate of drug-likeness (QED) is 0.398. The number of sulfonamides is 1. The normalized spacial score (nSPS) is 11.4. The molecule has 0 saturated heterocycles. The van der Waals surface area contributed by atoms with Crippen molar-refractivity contribution in [1.29, 1.82) is 0 Å². The van der Waals surface area contributed by atoms with E-state index >= 15 is 0 Å². The van der Waals surface area contributed by atoms with E-state index in [0.717, 1.165) is 12.8 Å². The van der Waals surface area contributed by atoms with Gasteiger partial charge >= 0.3 is 0 Å². The van der Waals surface area contributed by atoms with Crippen LogP contribution in [0.2, 0.25) is 0 Å². The number of anilines is 1. The minimum absolute atomic E-state index is 0.000435. The number of hydrogen-bond donors (Lipinski definition) is 2. The molecule has 0 fully saturated rings. The van der Waals surface area contributed by atoms with Gasteiger partial charge in [0.2, 0.25) is 10.0 Å². The Hall–Kier alpha value is -2.78. The molecule has 0 saturated carbocycles. The van der Waals surface area contributed by atoms with Crippen LogP contribution in [-0.4, -0.2) is 50.5 Å². The van der Waals surface area contributed by atoms with Gasteiger partial charge in [-0.3, -0.25) is 4.79 Å². The number of carbonyl (C=O) groups is 1. The molecule has 0 spiro atoms. The van der Waals surface area contributed by atoms with E-state index in [0.29, 0.717) is 31.2 Å². The van der Waals surface area contributed by atoms with Gasteiger partial charge in [-0.05, 0) is 42.8 Å². The molecular weight excluding hydrogens is 420 g/mol. The van der Waals surface area contributed by atoms with Gasteiger partial charge in [0, 0.05) is 18.7 Å². The van der Waals surface area contributed by atoms with Crippen LogP contribution in [-0.2, 0) is 10.0 Å². The molecule has 2 aromatic carbocycles. The largest absolute Gasteiger partial charge is 0.506 e. The number of aromatic hydroxyl groups is 1. The smallest absolute Gasteiger partial charge is 0.255 e. The molecule has 0 heterocycles. The fourth-order valence-electron chi connectivity index (χ4n) is 2.94. The van der Waals surface area contributed by atoms with Crippen LogP contribution in [0.25, 0.3) is 0 Å². The topological polar surface area (TPSA) is 105 Å². The number of rotatable bonds is 11. The molecule has 0 unspecified atom stereocenters. The van der Waals surface area contributed by atoms with E-state index in [1.165, 1.54) is 35.7 Å². The Bertz CT molecular complexity index is 1000. The predicted molar refractivity (Wildman–Crippen MR) is 120 cm³/mol. The first-order valence-corrected chi connectivity index (χ1v) is 11.7. The number of unbranched alkanes of at least 4 members (excludes halogenated alkanes) is 1. The maximum absolute atomic E-state index is 12.7. The molecule has 0 radical (unpaired) electrons. The first-order chi connectivity index (χ1) is 14.8. The monoisotopic (exact) mass is 450 g/mol. The van der Waals surface area contributed by atoms with E-state index in [-0.39, 0.29) is 21.9 Å². The van der Waals surface area contributed by atoms with Gasteiger partial charge < -0.3 is 19.9 Å². The second kappa shape index (κ2) is 11.0. The van der Waals surface area contributed by atoms with Gasteiger partial charge in [0.1, 0.15) is 5.75 Å². The molecule has 0 aliphatic rings. The molecule has 0 atom stereocenters. The summed E-state index contributed by atoms with van der Waals surface area (Å²) in [5.41, 5.74) is 0.275. The Morgan fingerprint density at radius 1 is 1.06 bits per heavy atom.